The van der Waals surface area contributed by atoms with Gasteiger partial charge in [0.2, 0.25) is 0 Å². The molecule has 20 heavy (non-hydrogen) atoms. The Morgan fingerprint density at radius 1 is 1.40 bits per heavy atom. The maximum Gasteiger partial charge on any atom is 0.340 e. The summed E-state index contributed by atoms with van der Waals surface area (Å²) in [6, 6.07) is 4.75. The molecule has 1 aromatic heterocycles. The molecular formula is C12H11ClN4O3. The minimum absolute atomic E-state index is 0.0715. The average molecular weight is 295 g/mol. The fourth-order valence-corrected chi connectivity index (χ4v) is 1.97. The highest BCUT2D eigenvalue weighted by molar-refractivity contribution is 6.34. The molecule has 0 fully saturated rings. The van der Waals surface area contributed by atoms with Crippen molar-refractivity contribution in [1.82, 2.24) is 15.4 Å². The van der Waals surface area contributed by atoms with Crippen molar-refractivity contribution < 1.29 is 14.3 Å². The molecule has 104 valence electrons. The summed E-state index contributed by atoms with van der Waals surface area (Å²) in [5, 5.41) is 10.0. The quantitative estimate of drug-likeness (QED) is 0.828. The number of hydrogen-bond donors (Lipinski definition) is 2. The van der Waals surface area contributed by atoms with E-state index in [1.165, 1.54) is 0 Å². The number of aromatic nitrogens is 3. The van der Waals surface area contributed by atoms with Crippen LogP contribution in [0.25, 0.3) is 11.3 Å². The molecule has 0 spiro atoms. The summed E-state index contributed by atoms with van der Waals surface area (Å²) in [6.07, 6.45) is 0. The van der Waals surface area contributed by atoms with Crippen LogP contribution in [0.2, 0.25) is 5.02 Å². The van der Waals surface area contributed by atoms with Crippen LogP contribution in [0.1, 0.15) is 27.8 Å². The third-order valence-corrected chi connectivity index (χ3v) is 2.84. The van der Waals surface area contributed by atoms with Crippen molar-refractivity contribution in [2.75, 3.05) is 6.61 Å². The molecule has 1 aromatic carbocycles. The second-order valence-corrected chi connectivity index (χ2v) is 4.18. The monoisotopic (exact) mass is 294 g/mol. The highest BCUT2D eigenvalue weighted by atomic mass is 35.5. The number of halogens is 1. The number of aromatic amines is 1. The summed E-state index contributed by atoms with van der Waals surface area (Å²) in [5.41, 5.74) is 5.74. The molecule has 1 heterocycles. The Bertz CT molecular complexity index is 668. The van der Waals surface area contributed by atoms with Gasteiger partial charge in [0.05, 0.1) is 17.2 Å². The van der Waals surface area contributed by atoms with Gasteiger partial charge in [-0.25, -0.2) is 4.79 Å². The minimum atomic E-state index is -0.761. The molecule has 2 rings (SSSR count). The predicted octanol–water partition coefficient (Wildman–Crippen LogP) is 1.40. The number of amides is 1. The van der Waals surface area contributed by atoms with Crippen molar-refractivity contribution in [1.29, 1.82) is 0 Å². The number of esters is 1. The number of nitrogens with one attached hydrogen (secondary N) is 1. The normalized spacial score (nSPS) is 10.3. The lowest BCUT2D eigenvalue weighted by molar-refractivity contribution is 0.0527. The molecule has 0 aliphatic rings. The first-order valence-corrected chi connectivity index (χ1v) is 6.10. The van der Waals surface area contributed by atoms with Crippen LogP contribution in [-0.2, 0) is 4.74 Å². The highest BCUT2D eigenvalue weighted by Crippen LogP contribution is 2.29. The van der Waals surface area contributed by atoms with Crippen molar-refractivity contribution in [2.24, 2.45) is 5.73 Å². The number of primary amides is 1. The van der Waals surface area contributed by atoms with Crippen LogP contribution in [0.15, 0.2) is 18.2 Å². The van der Waals surface area contributed by atoms with Gasteiger partial charge in [-0.3, -0.25) is 4.79 Å². The Labute approximate surface area is 119 Å². The first-order chi connectivity index (χ1) is 9.56. The van der Waals surface area contributed by atoms with Crippen molar-refractivity contribution in [2.45, 2.75) is 6.92 Å². The Kier molecular flexibility index (Phi) is 3.99. The fraction of sp³-hybridized carbons (Fsp3) is 0.167. The summed E-state index contributed by atoms with van der Waals surface area (Å²) >= 11 is 6.03. The van der Waals surface area contributed by atoms with Crippen molar-refractivity contribution in [3.8, 4) is 11.3 Å². The molecule has 2 aromatic rings. The largest absolute Gasteiger partial charge is 0.462 e. The minimum Gasteiger partial charge on any atom is -0.462 e. The van der Waals surface area contributed by atoms with Crippen molar-refractivity contribution in [3.05, 3.63) is 34.5 Å². The topological polar surface area (TPSA) is 111 Å². The van der Waals surface area contributed by atoms with Gasteiger partial charge >= 0.3 is 5.97 Å². The second kappa shape index (κ2) is 5.70. The molecule has 0 unspecified atom stereocenters. The lowest BCUT2D eigenvalue weighted by Crippen LogP contribution is -2.14. The van der Waals surface area contributed by atoms with Gasteiger partial charge in [-0.1, -0.05) is 23.7 Å². The molecule has 0 aliphatic carbocycles. The molecule has 0 saturated heterocycles. The van der Waals surface area contributed by atoms with E-state index in [9.17, 15) is 9.59 Å². The van der Waals surface area contributed by atoms with Crippen LogP contribution in [-0.4, -0.2) is 33.9 Å². The number of nitrogens with zero attached hydrogens (tertiary/aromatic N) is 2. The third kappa shape index (κ3) is 2.48. The van der Waals surface area contributed by atoms with Gasteiger partial charge in [0.15, 0.2) is 5.69 Å². The summed E-state index contributed by atoms with van der Waals surface area (Å²) in [7, 11) is 0. The van der Waals surface area contributed by atoms with E-state index >= 15 is 0 Å². The van der Waals surface area contributed by atoms with Gasteiger partial charge in [-0.05, 0) is 13.0 Å². The molecule has 8 heteroatoms. The Balaban J connectivity index is 2.62. The van der Waals surface area contributed by atoms with E-state index in [0.717, 1.165) is 0 Å². The first-order valence-electron chi connectivity index (χ1n) is 5.72. The van der Waals surface area contributed by atoms with E-state index in [4.69, 9.17) is 22.1 Å². The number of carbonyl (C=O) groups excluding carboxylic acids is 2. The van der Waals surface area contributed by atoms with Crippen LogP contribution in [0.4, 0.5) is 0 Å². The van der Waals surface area contributed by atoms with Gasteiger partial charge in [0.1, 0.15) is 5.69 Å². The van der Waals surface area contributed by atoms with Crippen LogP contribution in [0.5, 0.6) is 0 Å². The standard InChI is InChI=1S/C12H11ClN4O3/c1-2-20-12(19)8-6(4-3-5-7(8)13)9-10(11(14)18)16-17-15-9/h3-5H,2H2,1H3,(H2,14,18)(H,15,16,17). The van der Waals surface area contributed by atoms with E-state index in [1.54, 1.807) is 25.1 Å². The van der Waals surface area contributed by atoms with E-state index in [2.05, 4.69) is 15.4 Å². The second-order valence-electron chi connectivity index (χ2n) is 3.77. The van der Waals surface area contributed by atoms with E-state index in [0.29, 0.717) is 5.56 Å². The van der Waals surface area contributed by atoms with E-state index in [-0.39, 0.29) is 28.6 Å². The average Bonchev–Trinajstić information content (AvgIpc) is 2.87. The molecule has 7 nitrogen and oxygen atoms in total. The summed E-state index contributed by atoms with van der Waals surface area (Å²) in [4.78, 5) is 23.3. The Morgan fingerprint density at radius 2 is 2.15 bits per heavy atom. The molecule has 0 bridgehead atoms. The number of rotatable bonds is 4. The zero-order valence-electron chi connectivity index (χ0n) is 10.5. The molecular weight excluding hydrogens is 284 g/mol. The van der Waals surface area contributed by atoms with Gasteiger partial charge in [0, 0.05) is 5.56 Å². The summed E-state index contributed by atoms with van der Waals surface area (Å²) in [5.74, 6) is -1.37. The zero-order chi connectivity index (χ0) is 14.7. The Morgan fingerprint density at radius 3 is 2.80 bits per heavy atom. The number of benzene rings is 1. The van der Waals surface area contributed by atoms with E-state index < -0.39 is 11.9 Å². The maximum absolute atomic E-state index is 12.0. The van der Waals surface area contributed by atoms with Crippen LogP contribution in [0, 0.1) is 0 Å². The number of ether oxygens (including phenoxy) is 1. The van der Waals surface area contributed by atoms with Gasteiger partial charge in [0.25, 0.3) is 5.91 Å². The number of carbonyl (C=O) groups is 2. The smallest absolute Gasteiger partial charge is 0.340 e. The van der Waals surface area contributed by atoms with Crippen LogP contribution < -0.4 is 5.73 Å². The predicted molar refractivity (Wildman–Crippen MR) is 71.3 cm³/mol. The summed E-state index contributed by atoms with van der Waals surface area (Å²) in [6.45, 7) is 1.88. The Hall–Kier alpha value is -2.41. The van der Waals surface area contributed by atoms with Crippen molar-refractivity contribution in [3.63, 3.8) is 0 Å². The van der Waals surface area contributed by atoms with Gasteiger partial charge < -0.3 is 10.5 Å². The molecule has 3 N–H and O–H groups in total. The van der Waals surface area contributed by atoms with E-state index in [1.807, 2.05) is 0 Å². The molecule has 0 atom stereocenters. The van der Waals surface area contributed by atoms with Crippen LogP contribution in [0.3, 0.4) is 0 Å². The lowest BCUT2D eigenvalue weighted by atomic mass is 10.0. The lowest BCUT2D eigenvalue weighted by Gasteiger charge is -2.09. The van der Waals surface area contributed by atoms with Gasteiger partial charge in [-0.15, -0.1) is 0 Å². The molecule has 1 amide bonds. The maximum atomic E-state index is 12.0. The summed E-state index contributed by atoms with van der Waals surface area (Å²) < 4.78 is 4.95. The molecule has 0 aliphatic heterocycles. The number of hydrogen-bond acceptors (Lipinski definition) is 5. The molecule has 0 radical (unpaired) electrons. The number of H-pyrrole nitrogens is 1. The van der Waals surface area contributed by atoms with Gasteiger partial charge in [-0.2, -0.15) is 15.4 Å². The molecule has 0 saturated carbocycles. The highest BCUT2D eigenvalue weighted by Gasteiger charge is 2.23. The number of nitrogens with two attached hydrogens (primary N) is 1. The van der Waals surface area contributed by atoms with Crippen molar-refractivity contribution >= 4 is 23.5 Å². The third-order valence-electron chi connectivity index (χ3n) is 2.53. The van der Waals surface area contributed by atoms with Crippen LogP contribution >= 0.6 is 11.6 Å². The first kappa shape index (κ1) is 14.0. The zero-order valence-corrected chi connectivity index (χ0v) is 11.3. The fourth-order valence-electron chi connectivity index (χ4n) is 1.72. The SMILES string of the molecule is CCOC(=O)c1c(Cl)cccc1-c1n[nH]nc1C(N)=O.